The molecule has 0 aliphatic carbocycles. The standard InChI is InChI=1S/C6H7ClN2O2/c1-6(7)4-5(9(10)11)2-3-8-6/h2-4,8H,1H3. The summed E-state index contributed by atoms with van der Waals surface area (Å²) >= 11 is 5.77. The number of halogens is 1. The predicted molar refractivity (Wildman–Crippen MR) is 41.6 cm³/mol. The Hall–Kier alpha value is -1.03. The molecule has 0 amide bonds. The van der Waals surface area contributed by atoms with Crippen LogP contribution >= 0.6 is 11.6 Å². The van der Waals surface area contributed by atoms with Crippen LogP contribution in [0.15, 0.2) is 24.0 Å². The molecular weight excluding hydrogens is 168 g/mol. The van der Waals surface area contributed by atoms with Gasteiger partial charge in [0, 0.05) is 18.4 Å². The van der Waals surface area contributed by atoms with Gasteiger partial charge in [-0.15, -0.1) is 0 Å². The van der Waals surface area contributed by atoms with E-state index >= 15 is 0 Å². The van der Waals surface area contributed by atoms with Gasteiger partial charge in [-0.1, -0.05) is 11.6 Å². The van der Waals surface area contributed by atoms with Crippen molar-refractivity contribution >= 4 is 11.6 Å². The average Bonchev–Trinajstić information content (AvgIpc) is 1.85. The van der Waals surface area contributed by atoms with E-state index in [1.165, 1.54) is 18.4 Å². The third-order valence-electron chi connectivity index (χ3n) is 1.25. The molecule has 60 valence electrons. The first-order chi connectivity index (χ1) is 5.01. The smallest absolute Gasteiger partial charge is 0.270 e. The molecule has 1 unspecified atom stereocenters. The van der Waals surface area contributed by atoms with E-state index in [9.17, 15) is 10.1 Å². The second-order valence-electron chi connectivity index (χ2n) is 2.38. The molecule has 11 heavy (non-hydrogen) atoms. The van der Waals surface area contributed by atoms with Crippen LogP contribution in [0.1, 0.15) is 6.92 Å². The Morgan fingerprint density at radius 3 is 2.82 bits per heavy atom. The van der Waals surface area contributed by atoms with Gasteiger partial charge >= 0.3 is 0 Å². The zero-order valence-corrected chi connectivity index (χ0v) is 6.63. The van der Waals surface area contributed by atoms with Crippen molar-refractivity contribution in [1.82, 2.24) is 5.32 Å². The van der Waals surface area contributed by atoms with Gasteiger partial charge < -0.3 is 5.32 Å². The highest BCUT2D eigenvalue weighted by atomic mass is 35.5. The summed E-state index contributed by atoms with van der Waals surface area (Å²) < 4.78 is 0. The maximum absolute atomic E-state index is 10.2. The van der Waals surface area contributed by atoms with Crippen LogP contribution in [0.5, 0.6) is 0 Å². The van der Waals surface area contributed by atoms with Crippen LogP contribution in [0.25, 0.3) is 0 Å². The average molecular weight is 175 g/mol. The molecule has 0 bridgehead atoms. The first-order valence-electron chi connectivity index (χ1n) is 3.02. The molecule has 0 saturated carbocycles. The molecule has 0 fully saturated rings. The Bertz CT molecular complexity index is 245. The second kappa shape index (κ2) is 2.54. The third kappa shape index (κ3) is 1.94. The number of nitro groups is 1. The van der Waals surface area contributed by atoms with Crippen LogP contribution in [-0.4, -0.2) is 9.92 Å². The van der Waals surface area contributed by atoms with Crippen molar-refractivity contribution in [3.05, 3.63) is 34.2 Å². The molecule has 1 atom stereocenters. The van der Waals surface area contributed by atoms with E-state index in [0.29, 0.717) is 0 Å². The molecule has 1 N–H and O–H groups in total. The number of alkyl halides is 1. The number of rotatable bonds is 1. The summed E-state index contributed by atoms with van der Waals surface area (Å²) in [6, 6.07) is 0. The van der Waals surface area contributed by atoms with Gasteiger partial charge in [-0.3, -0.25) is 10.1 Å². The lowest BCUT2D eigenvalue weighted by atomic mass is 10.2. The Labute approximate surface area is 68.7 Å². The lowest BCUT2D eigenvalue weighted by Crippen LogP contribution is -2.33. The van der Waals surface area contributed by atoms with Crippen LogP contribution < -0.4 is 5.32 Å². The van der Waals surface area contributed by atoms with Crippen LogP contribution in [0, 0.1) is 10.1 Å². The van der Waals surface area contributed by atoms with E-state index in [0.717, 1.165) is 0 Å². The summed E-state index contributed by atoms with van der Waals surface area (Å²) in [6.07, 6.45) is 4.18. The molecule has 0 spiro atoms. The molecule has 0 aromatic rings. The highest BCUT2D eigenvalue weighted by Crippen LogP contribution is 2.18. The number of nitrogens with zero attached hydrogens (tertiary/aromatic N) is 1. The maximum atomic E-state index is 10.2. The quantitative estimate of drug-likeness (QED) is 0.282. The van der Waals surface area contributed by atoms with Crippen molar-refractivity contribution in [2.45, 2.75) is 11.9 Å². The van der Waals surface area contributed by atoms with Crippen LogP contribution in [0.2, 0.25) is 0 Å². The molecule has 1 rings (SSSR count). The number of dihydropyridines is 1. The van der Waals surface area contributed by atoms with Crippen molar-refractivity contribution in [3.8, 4) is 0 Å². The Morgan fingerprint density at radius 2 is 2.45 bits per heavy atom. The van der Waals surface area contributed by atoms with E-state index in [-0.39, 0.29) is 5.70 Å². The number of allylic oxidation sites excluding steroid dienone is 1. The minimum absolute atomic E-state index is 0.0150. The van der Waals surface area contributed by atoms with Gasteiger partial charge in [-0.05, 0) is 6.92 Å². The van der Waals surface area contributed by atoms with E-state index in [2.05, 4.69) is 5.32 Å². The normalized spacial score (nSPS) is 29.1. The zero-order chi connectivity index (χ0) is 8.48. The molecule has 0 aromatic heterocycles. The van der Waals surface area contributed by atoms with Crippen LogP contribution in [0.3, 0.4) is 0 Å². The molecular formula is C6H7ClN2O2. The van der Waals surface area contributed by atoms with Crippen molar-refractivity contribution in [2.24, 2.45) is 0 Å². The molecule has 0 saturated heterocycles. The SMILES string of the molecule is CC1(Cl)C=C([N+](=O)[O-])C=CN1. The van der Waals surface area contributed by atoms with Gasteiger partial charge in [0.15, 0.2) is 0 Å². The van der Waals surface area contributed by atoms with Crippen LogP contribution in [0.4, 0.5) is 0 Å². The summed E-state index contributed by atoms with van der Waals surface area (Å²) in [5.74, 6) is 0. The topological polar surface area (TPSA) is 55.2 Å². The Morgan fingerprint density at radius 1 is 1.82 bits per heavy atom. The van der Waals surface area contributed by atoms with Crippen molar-refractivity contribution < 1.29 is 4.92 Å². The molecule has 1 aliphatic heterocycles. The first kappa shape index (κ1) is 8.07. The van der Waals surface area contributed by atoms with E-state index in [4.69, 9.17) is 11.6 Å². The molecule has 1 aliphatic rings. The Balaban J connectivity index is 2.89. The lowest BCUT2D eigenvalue weighted by Gasteiger charge is -2.19. The van der Waals surface area contributed by atoms with E-state index in [1.54, 1.807) is 6.92 Å². The minimum atomic E-state index is -0.836. The summed E-state index contributed by atoms with van der Waals surface area (Å²) in [4.78, 5) is 8.93. The predicted octanol–water partition coefficient (Wildman–Crippen LogP) is 1.22. The zero-order valence-electron chi connectivity index (χ0n) is 5.87. The second-order valence-corrected chi connectivity index (χ2v) is 3.16. The van der Waals surface area contributed by atoms with E-state index in [1.807, 2.05) is 0 Å². The van der Waals surface area contributed by atoms with Crippen molar-refractivity contribution in [3.63, 3.8) is 0 Å². The first-order valence-corrected chi connectivity index (χ1v) is 3.39. The molecule has 0 aromatic carbocycles. The highest BCUT2D eigenvalue weighted by molar-refractivity contribution is 6.24. The number of hydrogen-bond donors (Lipinski definition) is 1. The van der Waals surface area contributed by atoms with E-state index < -0.39 is 9.92 Å². The summed E-state index contributed by atoms with van der Waals surface area (Å²) in [5.41, 5.74) is 0.0150. The molecule has 4 nitrogen and oxygen atoms in total. The fourth-order valence-corrected chi connectivity index (χ4v) is 0.946. The number of hydrogen-bond acceptors (Lipinski definition) is 3. The van der Waals surface area contributed by atoms with Crippen molar-refractivity contribution in [2.75, 3.05) is 0 Å². The maximum Gasteiger partial charge on any atom is 0.270 e. The fraction of sp³-hybridized carbons (Fsp3) is 0.333. The highest BCUT2D eigenvalue weighted by Gasteiger charge is 2.23. The summed E-state index contributed by atoms with van der Waals surface area (Å²) in [7, 11) is 0. The van der Waals surface area contributed by atoms with Gasteiger partial charge in [0.25, 0.3) is 5.70 Å². The lowest BCUT2D eigenvalue weighted by molar-refractivity contribution is -0.419. The minimum Gasteiger partial charge on any atom is -0.369 e. The Kier molecular flexibility index (Phi) is 1.87. The molecule has 0 radical (unpaired) electrons. The monoisotopic (exact) mass is 174 g/mol. The fourth-order valence-electron chi connectivity index (χ4n) is 0.771. The van der Waals surface area contributed by atoms with Gasteiger partial charge in [-0.25, -0.2) is 0 Å². The van der Waals surface area contributed by atoms with Gasteiger partial charge in [-0.2, -0.15) is 0 Å². The number of nitrogens with one attached hydrogen (secondary N) is 1. The van der Waals surface area contributed by atoms with Crippen LogP contribution in [-0.2, 0) is 0 Å². The van der Waals surface area contributed by atoms with Crippen molar-refractivity contribution in [1.29, 1.82) is 0 Å². The molecule has 1 heterocycles. The van der Waals surface area contributed by atoms with Gasteiger partial charge in [0.2, 0.25) is 0 Å². The largest absolute Gasteiger partial charge is 0.369 e. The van der Waals surface area contributed by atoms with Gasteiger partial charge in [0.05, 0.1) is 4.92 Å². The summed E-state index contributed by atoms with van der Waals surface area (Å²) in [5, 5.41) is 13.0. The van der Waals surface area contributed by atoms with Gasteiger partial charge in [0.1, 0.15) is 5.00 Å². The summed E-state index contributed by atoms with van der Waals surface area (Å²) in [6.45, 7) is 1.64. The molecule has 5 heteroatoms. The third-order valence-corrected chi connectivity index (χ3v) is 1.47.